The first kappa shape index (κ1) is 18.8. The molecule has 4 rings (SSSR count). The molecule has 0 spiro atoms. The van der Waals surface area contributed by atoms with E-state index in [2.05, 4.69) is 10.3 Å². The number of nitrogens with one attached hydrogen (secondary N) is 1. The lowest BCUT2D eigenvalue weighted by molar-refractivity contribution is 0.0966. The lowest BCUT2D eigenvalue weighted by Crippen LogP contribution is -2.38. The molecular formula is C18H13Cl2N3O4S. The van der Waals surface area contributed by atoms with Crippen molar-refractivity contribution in [2.75, 3.05) is 17.5 Å². The van der Waals surface area contributed by atoms with Crippen molar-refractivity contribution in [1.29, 1.82) is 0 Å². The number of rotatable bonds is 4. The number of carbonyl (C=O) groups is 1. The number of aromatic nitrogens is 1. The zero-order chi connectivity index (χ0) is 19.9. The van der Waals surface area contributed by atoms with Crippen molar-refractivity contribution in [3.8, 4) is 5.88 Å². The van der Waals surface area contributed by atoms with Crippen molar-refractivity contribution in [2.45, 2.75) is 4.90 Å². The Morgan fingerprint density at radius 1 is 1.21 bits per heavy atom. The fourth-order valence-corrected chi connectivity index (χ4v) is 4.52. The van der Waals surface area contributed by atoms with Crippen LogP contribution in [0.5, 0.6) is 5.88 Å². The van der Waals surface area contributed by atoms with Gasteiger partial charge in [-0.15, -0.1) is 0 Å². The third kappa shape index (κ3) is 3.34. The average Bonchev–Trinajstić information content (AvgIpc) is 2.65. The number of anilines is 1. The van der Waals surface area contributed by atoms with Gasteiger partial charge in [0.05, 0.1) is 27.0 Å². The second-order valence-electron chi connectivity index (χ2n) is 5.99. The topological polar surface area (TPSA) is 88.6 Å². The fraction of sp³-hybridized carbons (Fsp3) is 0.111. The highest BCUT2D eigenvalue weighted by Gasteiger charge is 2.32. The summed E-state index contributed by atoms with van der Waals surface area (Å²) in [5, 5.41) is 3.07. The number of carbonyl (C=O) groups excluding carboxylic acids is 1. The van der Waals surface area contributed by atoms with E-state index in [1.165, 1.54) is 30.5 Å². The van der Waals surface area contributed by atoms with Gasteiger partial charge in [-0.3, -0.25) is 9.10 Å². The van der Waals surface area contributed by atoms with Gasteiger partial charge in [-0.05, 0) is 36.4 Å². The lowest BCUT2D eigenvalue weighted by Gasteiger charge is -2.30. The highest BCUT2D eigenvalue weighted by molar-refractivity contribution is 7.92. The van der Waals surface area contributed by atoms with E-state index in [0.29, 0.717) is 5.70 Å². The average molecular weight is 438 g/mol. The van der Waals surface area contributed by atoms with Gasteiger partial charge in [-0.25, -0.2) is 13.4 Å². The van der Waals surface area contributed by atoms with E-state index in [1.807, 2.05) is 0 Å². The summed E-state index contributed by atoms with van der Waals surface area (Å²) in [7, 11) is -3.96. The molecule has 2 aliphatic rings. The fourth-order valence-electron chi connectivity index (χ4n) is 2.69. The van der Waals surface area contributed by atoms with E-state index in [1.54, 1.807) is 18.2 Å². The third-order valence-corrected chi connectivity index (χ3v) is 6.73. The van der Waals surface area contributed by atoms with Gasteiger partial charge in [-0.1, -0.05) is 29.3 Å². The molecular weight excluding hydrogens is 425 g/mol. The van der Waals surface area contributed by atoms with Crippen LogP contribution in [0.2, 0.25) is 10.0 Å². The number of amides is 1. The summed E-state index contributed by atoms with van der Waals surface area (Å²) < 4.78 is 32.9. The van der Waals surface area contributed by atoms with Crippen molar-refractivity contribution in [2.24, 2.45) is 0 Å². The number of nitrogens with zero attached hydrogens (tertiary/aromatic N) is 2. The molecule has 2 aromatic rings. The van der Waals surface area contributed by atoms with Gasteiger partial charge in [0, 0.05) is 11.9 Å². The monoisotopic (exact) mass is 437 g/mol. The molecule has 0 atom stereocenters. The number of hydrogen-bond donors (Lipinski definition) is 1. The Morgan fingerprint density at radius 2 is 2.00 bits per heavy atom. The molecule has 0 saturated carbocycles. The minimum atomic E-state index is -3.96. The van der Waals surface area contributed by atoms with E-state index in [4.69, 9.17) is 27.9 Å². The third-order valence-electron chi connectivity index (χ3n) is 4.18. The first-order chi connectivity index (χ1) is 13.4. The molecule has 28 heavy (non-hydrogen) atoms. The number of pyridine rings is 1. The molecule has 10 heteroatoms. The highest BCUT2D eigenvalue weighted by atomic mass is 35.5. The van der Waals surface area contributed by atoms with Crippen LogP contribution in [0, 0.1) is 0 Å². The molecule has 1 aromatic carbocycles. The second kappa shape index (κ2) is 7.12. The van der Waals surface area contributed by atoms with Crippen molar-refractivity contribution < 1.29 is 17.9 Å². The number of benzene rings is 1. The van der Waals surface area contributed by atoms with Gasteiger partial charge in [0.15, 0.2) is 0 Å². The van der Waals surface area contributed by atoms with Crippen LogP contribution in [0.1, 0.15) is 10.4 Å². The molecule has 1 aliphatic carbocycles. The SMILES string of the molecule is O=C(NC1=CC=C1)c1cnc2c(c1)N(S(=O)(=O)c1ccc(Cl)c(Cl)c1)CCO2. The number of hydrogen-bond acceptors (Lipinski definition) is 5. The van der Waals surface area contributed by atoms with Crippen LogP contribution in [0.15, 0.2) is 59.3 Å². The van der Waals surface area contributed by atoms with Crippen LogP contribution in [0.3, 0.4) is 0 Å². The molecule has 0 radical (unpaired) electrons. The zero-order valence-electron chi connectivity index (χ0n) is 14.2. The Bertz CT molecular complexity index is 1150. The maximum atomic E-state index is 13.1. The number of fused-ring (bicyclic) bond motifs is 1. The van der Waals surface area contributed by atoms with Gasteiger partial charge >= 0.3 is 0 Å². The van der Waals surface area contributed by atoms with Crippen molar-refractivity contribution in [3.05, 3.63) is 70.0 Å². The largest absolute Gasteiger partial charge is 0.474 e. The lowest BCUT2D eigenvalue weighted by atomic mass is 10.2. The normalized spacial score (nSPS) is 15.2. The van der Waals surface area contributed by atoms with Crippen molar-refractivity contribution in [1.82, 2.24) is 10.3 Å². The Morgan fingerprint density at radius 3 is 2.68 bits per heavy atom. The van der Waals surface area contributed by atoms with Gasteiger partial charge in [0.1, 0.15) is 12.3 Å². The van der Waals surface area contributed by atoms with Crippen LogP contribution in [0.4, 0.5) is 5.69 Å². The zero-order valence-corrected chi connectivity index (χ0v) is 16.6. The van der Waals surface area contributed by atoms with Crippen molar-refractivity contribution >= 4 is 44.8 Å². The van der Waals surface area contributed by atoms with E-state index in [-0.39, 0.29) is 45.2 Å². The summed E-state index contributed by atoms with van der Waals surface area (Å²) in [5.74, 6) is -0.266. The van der Waals surface area contributed by atoms with E-state index >= 15 is 0 Å². The molecule has 2 heterocycles. The van der Waals surface area contributed by atoms with E-state index in [0.717, 1.165) is 4.31 Å². The molecule has 1 N–H and O–H groups in total. The number of allylic oxidation sites excluding steroid dienone is 3. The Hall–Kier alpha value is -2.55. The summed E-state index contributed by atoms with van der Waals surface area (Å²) >= 11 is 11.9. The summed E-state index contributed by atoms with van der Waals surface area (Å²) in [6.07, 6.45) is 6.62. The minimum absolute atomic E-state index is 0.0191. The van der Waals surface area contributed by atoms with Crippen LogP contribution in [-0.4, -0.2) is 32.5 Å². The molecule has 1 aliphatic heterocycles. The van der Waals surface area contributed by atoms with Gasteiger partial charge < -0.3 is 10.1 Å². The highest BCUT2D eigenvalue weighted by Crippen LogP contribution is 2.35. The van der Waals surface area contributed by atoms with Gasteiger partial charge in [0.2, 0.25) is 5.88 Å². The first-order valence-corrected chi connectivity index (χ1v) is 10.4. The molecule has 7 nitrogen and oxygen atoms in total. The molecule has 1 amide bonds. The van der Waals surface area contributed by atoms with E-state index < -0.39 is 15.9 Å². The predicted molar refractivity (Wildman–Crippen MR) is 105 cm³/mol. The minimum Gasteiger partial charge on any atom is -0.474 e. The quantitative estimate of drug-likeness (QED) is 0.793. The van der Waals surface area contributed by atoms with Gasteiger partial charge in [-0.2, -0.15) is 0 Å². The van der Waals surface area contributed by atoms with Crippen LogP contribution in [-0.2, 0) is 10.0 Å². The van der Waals surface area contributed by atoms with Gasteiger partial charge in [0.25, 0.3) is 15.9 Å². The maximum absolute atomic E-state index is 13.1. The summed E-state index contributed by atoms with van der Waals surface area (Å²) in [6.45, 7) is 0.194. The van der Waals surface area contributed by atoms with Crippen molar-refractivity contribution in [3.63, 3.8) is 0 Å². The molecule has 0 saturated heterocycles. The van der Waals surface area contributed by atoms with Crippen LogP contribution >= 0.6 is 23.2 Å². The molecule has 0 bridgehead atoms. The maximum Gasteiger partial charge on any atom is 0.264 e. The Balaban J connectivity index is 1.71. The van der Waals surface area contributed by atoms with E-state index in [9.17, 15) is 13.2 Å². The Labute approximate surface area is 171 Å². The first-order valence-electron chi connectivity index (χ1n) is 8.16. The second-order valence-corrected chi connectivity index (χ2v) is 8.66. The predicted octanol–water partition coefficient (Wildman–Crippen LogP) is 3.16. The summed E-state index contributed by atoms with van der Waals surface area (Å²) in [5.41, 5.74) is 1.06. The molecule has 0 unspecified atom stereocenters. The summed E-state index contributed by atoms with van der Waals surface area (Å²) in [4.78, 5) is 16.5. The molecule has 0 fully saturated rings. The standard InChI is InChI=1S/C18H13Cl2N3O4S/c19-14-5-4-13(9-15(14)20)28(25,26)23-6-7-27-18-16(23)8-11(10-21-18)17(24)22-12-2-1-3-12/h1-5,8-10H,6-7H2,(H,22,24). The van der Waals surface area contributed by atoms with Crippen LogP contribution in [0.25, 0.3) is 0 Å². The molecule has 144 valence electrons. The van der Waals surface area contributed by atoms with Crippen LogP contribution < -0.4 is 14.4 Å². The number of halogens is 2. The smallest absolute Gasteiger partial charge is 0.264 e. The Kier molecular flexibility index (Phi) is 4.78. The number of sulfonamides is 1. The number of ether oxygens (including phenoxy) is 1. The molecule has 1 aromatic heterocycles. The summed E-state index contributed by atoms with van der Waals surface area (Å²) in [6, 6.07) is 5.51.